The largest absolute Gasteiger partial charge is 0.354 e. The first-order valence-corrected chi connectivity index (χ1v) is 11.9. The summed E-state index contributed by atoms with van der Waals surface area (Å²) in [6.07, 6.45) is 2.00. The van der Waals surface area contributed by atoms with Crippen LogP contribution in [0.2, 0.25) is 0 Å². The van der Waals surface area contributed by atoms with Crippen LogP contribution in [0.25, 0.3) is 0 Å². The van der Waals surface area contributed by atoms with Gasteiger partial charge in [0.15, 0.2) is 0 Å². The van der Waals surface area contributed by atoms with E-state index in [4.69, 9.17) is 0 Å². The highest BCUT2D eigenvalue weighted by Crippen LogP contribution is 2.29. The van der Waals surface area contributed by atoms with Gasteiger partial charge in [0.2, 0.25) is 11.8 Å². The van der Waals surface area contributed by atoms with E-state index in [-0.39, 0.29) is 36.5 Å². The number of benzene rings is 3. The summed E-state index contributed by atoms with van der Waals surface area (Å²) < 4.78 is 14.5. The number of unbranched alkanes of at least 4 members (excludes halogenated alkanes) is 1. The minimum absolute atomic E-state index is 0.0319. The van der Waals surface area contributed by atoms with Crippen molar-refractivity contribution in [3.63, 3.8) is 0 Å². The van der Waals surface area contributed by atoms with Crippen LogP contribution in [0.4, 0.5) is 4.39 Å². The summed E-state index contributed by atoms with van der Waals surface area (Å²) >= 11 is 0. The molecule has 3 aromatic rings. The standard InChI is InChI=1S/C29H33FN2O2/c1-3-4-19-31-29(34)22(2)32(21-25-17-11-12-18-27(25)30)28(33)20-26(23-13-7-5-8-14-23)24-15-9-6-10-16-24/h5-18,22,26H,3-4,19-21H2,1-2H3,(H,31,34)/t22-/m0/s1. The third-order valence-electron chi connectivity index (χ3n) is 6.08. The highest BCUT2D eigenvalue weighted by atomic mass is 19.1. The number of hydrogen-bond acceptors (Lipinski definition) is 2. The number of nitrogens with zero attached hydrogens (tertiary/aromatic N) is 1. The predicted molar refractivity (Wildman–Crippen MR) is 134 cm³/mol. The van der Waals surface area contributed by atoms with E-state index in [1.54, 1.807) is 25.1 Å². The molecule has 0 heterocycles. The van der Waals surface area contributed by atoms with Gasteiger partial charge in [-0.1, -0.05) is 92.2 Å². The molecule has 0 saturated heterocycles. The third kappa shape index (κ3) is 6.77. The Morgan fingerprint density at radius 2 is 1.44 bits per heavy atom. The van der Waals surface area contributed by atoms with Crippen molar-refractivity contribution in [2.75, 3.05) is 6.54 Å². The summed E-state index contributed by atoms with van der Waals surface area (Å²) in [6, 6.07) is 25.4. The van der Waals surface area contributed by atoms with Gasteiger partial charge in [-0.05, 0) is 30.5 Å². The van der Waals surface area contributed by atoms with Crippen LogP contribution in [0, 0.1) is 5.82 Å². The smallest absolute Gasteiger partial charge is 0.242 e. The molecule has 0 aliphatic heterocycles. The Morgan fingerprint density at radius 1 is 0.882 bits per heavy atom. The minimum Gasteiger partial charge on any atom is -0.354 e. The van der Waals surface area contributed by atoms with Crippen molar-refractivity contribution >= 4 is 11.8 Å². The fourth-order valence-electron chi connectivity index (χ4n) is 4.02. The molecule has 0 aliphatic rings. The van der Waals surface area contributed by atoms with Crippen molar-refractivity contribution in [1.29, 1.82) is 0 Å². The SMILES string of the molecule is CCCCNC(=O)[C@H](C)N(Cc1ccccc1F)C(=O)CC(c1ccccc1)c1ccccc1. The van der Waals surface area contributed by atoms with Crippen LogP contribution < -0.4 is 5.32 Å². The number of nitrogens with one attached hydrogen (secondary N) is 1. The van der Waals surface area contributed by atoms with Gasteiger partial charge in [0.1, 0.15) is 11.9 Å². The molecular formula is C29H33FN2O2. The van der Waals surface area contributed by atoms with E-state index in [1.165, 1.54) is 11.0 Å². The fraction of sp³-hybridized carbons (Fsp3) is 0.310. The summed E-state index contributed by atoms with van der Waals surface area (Å²) in [5.74, 6) is -0.983. The first-order valence-electron chi connectivity index (χ1n) is 11.9. The Bertz CT molecular complexity index is 1020. The maximum Gasteiger partial charge on any atom is 0.242 e. The lowest BCUT2D eigenvalue weighted by atomic mass is 9.88. The summed E-state index contributed by atoms with van der Waals surface area (Å²) in [6.45, 7) is 4.35. The van der Waals surface area contributed by atoms with Crippen LogP contribution in [0.3, 0.4) is 0 Å². The summed E-state index contributed by atoms with van der Waals surface area (Å²) in [5, 5.41) is 2.91. The number of halogens is 1. The van der Waals surface area contributed by atoms with E-state index in [9.17, 15) is 14.0 Å². The highest BCUT2D eigenvalue weighted by molar-refractivity contribution is 5.87. The highest BCUT2D eigenvalue weighted by Gasteiger charge is 2.29. The van der Waals surface area contributed by atoms with E-state index in [2.05, 4.69) is 12.2 Å². The Hall–Kier alpha value is -3.47. The lowest BCUT2D eigenvalue weighted by Crippen LogP contribution is -2.48. The topological polar surface area (TPSA) is 49.4 Å². The summed E-state index contributed by atoms with van der Waals surface area (Å²) in [5.41, 5.74) is 2.43. The quantitative estimate of drug-likeness (QED) is 0.374. The minimum atomic E-state index is -0.726. The normalized spacial score (nSPS) is 11.8. The van der Waals surface area contributed by atoms with Gasteiger partial charge in [-0.15, -0.1) is 0 Å². The van der Waals surface area contributed by atoms with E-state index in [0.29, 0.717) is 12.1 Å². The predicted octanol–water partition coefficient (Wildman–Crippen LogP) is 5.68. The van der Waals surface area contributed by atoms with Crippen LogP contribution in [-0.2, 0) is 16.1 Å². The zero-order valence-corrected chi connectivity index (χ0v) is 19.9. The van der Waals surface area contributed by atoms with Crippen LogP contribution in [0.5, 0.6) is 0 Å². The van der Waals surface area contributed by atoms with Gasteiger partial charge in [-0.2, -0.15) is 0 Å². The molecule has 0 bridgehead atoms. The molecule has 0 aliphatic carbocycles. The van der Waals surface area contributed by atoms with Crippen molar-refractivity contribution < 1.29 is 14.0 Å². The first-order chi connectivity index (χ1) is 16.5. The monoisotopic (exact) mass is 460 g/mol. The second-order valence-electron chi connectivity index (χ2n) is 8.51. The zero-order chi connectivity index (χ0) is 24.3. The van der Waals surface area contributed by atoms with Gasteiger partial charge in [0.05, 0.1) is 0 Å². The lowest BCUT2D eigenvalue weighted by molar-refractivity contribution is -0.140. The van der Waals surface area contributed by atoms with Gasteiger partial charge in [-0.25, -0.2) is 4.39 Å². The van der Waals surface area contributed by atoms with Crippen molar-refractivity contribution in [2.24, 2.45) is 0 Å². The molecule has 0 unspecified atom stereocenters. The van der Waals surface area contributed by atoms with Crippen molar-refractivity contribution in [2.45, 2.75) is 51.6 Å². The molecule has 34 heavy (non-hydrogen) atoms. The molecule has 1 N–H and O–H groups in total. The average molecular weight is 461 g/mol. The molecule has 3 rings (SSSR count). The van der Waals surface area contributed by atoms with Crippen molar-refractivity contribution in [3.8, 4) is 0 Å². The summed E-state index contributed by atoms with van der Waals surface area (Å²) in [4.78, 5) is 28.1. The molecule has 178 valence electrons. The number of rotatable bonds is 11. The van der Waals surface area contributed by atoms with Gasteiger partial charge in [-0.3, -0.25) is 9.59 Å². The fourth-order valence-corrected chi connectivity index (χ4v) is 4.02. The zero-order valence-electron chi connectivity index (χ0n) is 19.9. The molecule has 0 radical (unpaired) electrons. The molecule has 0 fully saturated rings. The van der Waals surface area contributed by atoms with Crippen molar-refractivity contribution in [1.82, 2.24) is 10.2 Å². The van der Waals surface area contributed by atoms with E-state index in [0.717, 1.165) is 24.0 Å². The van der Waals surface area contributed by atoms with E-state index >= 15 is 0 Å². The second-order valence-corrected chi connectivity index (χ2v) is 8.51. The third-order valence-corrected chi connectivity index (χ3v) is 6.08. The van der Waals surface area contributed by atoms with Crippen LogP contribution in [0.1, 0.15) is 55.7 Å². The molecular weight excluding hydrogens is 427 g/mol. The lowest BCUT2D eigenvalue weighted by Gasteiger charge is -2.30. The van der Waals surface area contributed by atoms with E-state index < -0.39 is 6.04 Å². The molecule has 4 nitrogen and oxygen atoms in total. The van der Waals surface area contributed by atoms with Gasteiger partial charge in [0.25, 0.3) is 0 Å². The molecule has 0 spiro atoms. The first kappa shape index (κ1) is 25.2. The maximum absolute atomic E-state index is 14.5. The van der Waals surface area contributed by atoms with Gasteiger partial charge < -0.3 is 10.2 Å². The second kappa shape index (κ2) is 12.7. The maximum atomic E-state index is 14.5. The molecule has 0 saturated carbocycles. The molecule has 0 aromatic heterocycles. The number of carbonyl (C=O) groups excluding carboxylic acids is 2. The average Bonchev–Trinajstić information content (AvgIpc) is 2.87. The summed E-state index contributed by atoms with van der Waals surface area (Å²) in [7, 11) is 0. The molecule has 3 aromatic carbocycles. The Labute approximate surface area is 201 Å². The van der Waals surface area contributed by atoms with Crippen molar-refractivity contribution in [3.05, 3.63) is 107 Å². The number of hydrogen-bond donors (Lipinski definition) is 1. The van der Waals surface area contributed by atoms with E-state index in [1.807, 2.05) is 60.7 Å². The number of carbonyl (C=O) groups is 2. The van der Waals surface area contributed by atoms with Crippen LogP contribution in [0.15, 0.2) is 84.9 Å². The Kier molecular flexibility index (Phi) is 9.39. The molecule has 5 heteroatoms. The molecule has 1 atom stereocenters. The Morgan fingerprint density at radius 3 is 2.00 bits per heavy atom. The van der Waals surface area contributed by atoms with Gasteiger partial charge >= 0.3 is 0 Å². The van der Waals surface area contributed by atoms with Crippen LogP contribution >= 0.6 is 0 Å². The van der Waals surface area contributed by atoms with Gasteiger partial charge in [0, 0.05) is 31.0 Å². The van der Waals surface area contributed by atoms with Crippen LogP contribution in [-0.4, -0.2) is 29.3 Å². The molecule has 2 amide bonds. The Balaban J connectivity index is 1.89. The number of amides is 2.